The van der Waals surface area contributed by atoms with Gasteiger partial charge >= 0.3 is 0 Å². The van der Waals surface area contributed by atoms with Gasteiger partial charge in [-0.3, -0.25) is 14.3 Å². The van der Waals surface area contributed by atoms with Crippen LogP contribution in [0.3, 0.4) is 0 Å². The summed E-state index contributed by atoms with van der Waals surface area (Å²) in [5.74, 6) is -0.107. The zero-order valence-corrected chi connectivity index (χ0v) is 18.7. The standard InChI is InChI=1S/C23H26ClN5O2/c1-22(2,3)29-13-15-11-23(26-20(30)19(15)27-29)6-8-28(9-7-23)21(31)14-4-5-16-17(24)12-25-18(16)10-14/h4-5,10,12-13,25H,6-9,11H2,1-3H3,(H,26,30). The molecule has 2 aromatic heterocycles. The highest BCUT2D eigenvalue weighted by Gasteiger charge is 2.43. The molecule has 0 bridgehead atoms. The average molecular weight is 440 g/mol. The number of nitrogens with zero attached hydrogens (tertiary/aromatic N) is 3. The molecule has 162 valence electrons. The first-order valence-electron chi connectivity index (χ1n) is 10.6. The van der Waals surface area contributed by atoms with Crippen molar-refractivity contribution < 1.29 is 9.59 Å². The third-order valence-electron chi connectivity index (χ3n) is 6.49. The summed E-state index contributed by atoms with van der Waals surface area (Å²) in [6, 6.07) is 5.55. The topological polar surface area (TPSA) is 83.0 Å². The van der Waals surface area contributed by atoms with Crippen LogP contribution >= 0.6 is 11.6 Å². The number of H-pyrrole nitrogens is 1. The lowest BCUT2D eigenvalue weighted by Crippen LogP contribution is -2.59. The quantitative estimate of drug-likeness (QED) is 0.606. The van der Waals surface area contributed by atoms with E-state index < -0.39 is 0 Å². The first-order chi connectivity index (χ1) is 14.7. The lowest BCUT2D eigenvalue weighted by Gasteiger charge is -2.44. The predicted molar refractivity (Wildman–Crippen MR) is 120 cm³/mol. The number of piperidine rings is 1. The Balaban J connectivity index is 1.32. The molecule has 8 heteroatoms. The van der Waals surface area contributed by atoms with E-state index in [9.17, 15) is 9.59 Å². The smallest absolute Gasteiger partial charge is 0.272 e. The van der Waals surface area contributed by atoms with Crippen LogP contribution in [0.15, 0.2) is 30.6 Å². The average Bonchev–Trinajstić information content (AvgIpc) is 3.32. The second kappa shape index (κ2) is 6.85. The monoisotopic (exact) mass is 439 g/mol. The van der Waals surface area contributed by atoms with Gasteiger partial charge in [-0.05, 0) is 52.2 Å². The van der Waals surface area contributed by atoms with E-state index >= 15 is 0 Å². The van der Waals surface area contributed by atoms with Crippen molar-refractivity contribution in [2.24, 2.45) is 0 Å². The minimum atomic E-state index is -0.316. The highest BCUT2D eigenvalue weighted by molar-refractivity contribution is 6.35. The van der Waals surface area contributed by atoms with Crippen LogP contribution in [0.2, 0.25) is 5.02 Å². The van der Waals surface area contributed by atoms with Crippen molar-refractivity contribution in [3.05, 3.63) is 52.4 Å². The molecule has 31 heavy (non-hydrogen) atoms. The number of aromatic nitrogens is 3. The SMILES string of the molecule is CC(C)(C)n1cc2c(n1)C(=O)NC1(CCN(C(=O)c3ccc4c(Cl)c[nH]c4c3)CC1)C2. The minimum Gasteiger partial charge on any atom is -0.360 e. The van der Waals surface area contributed by atoms with E-state index in [1.807, 2.05) is 34.0 Å². The fourth-order valence-corrected chi connectivity index (χ4v) is 4.85. The van der Waals surface area contributed by atoms with Crippen molar-refractivity contribution in [1.29, 1.82) is 0 Å². The molecule has 0 saturated carbocycles. The molecule has 0 unspecified atom stereocenters. The maximum Gasteiger partial charge on any atom is 0.272 e. The number of hydrogen-bond donors (Lipinski definition) is 2. The van der Waals surface area contributed by atoms with E-state index in [4.69, 9.17) is 11.6 Å². The molecule has 0 atom stereocenters. The Labute approximate surface area is 185 Å². The maximum absolute atomic E-state index is 13.1. The van der Waals surface area contributed by atoms with Crippen LogP contribution in [0.25, 0.3) is 10.9 Å². The van der Waals surface area contributed by atoms with Gasteiger partial charge < -0.3 is 15.2 Å². The van der Waals surface area contributed by atoms with Crippen LogP contribution in [0.5, 0.6) is 0 Å². The van der Waals surface area contributed by atoms with Gasteiger partial charge in [0.15, 0.2) is 5.69 Å². The normalized spacial score (nSPS) is 18.3. The largest absolute Gasteiger partial charge is 0.360 e. The van der Waals surface area contributed by atoms with Gasteiger partial charge in [-0.1, -0.05) is 17.7 Å². The van der Waals surface area contributed by atoms with Crippen molar-refractivity contribution in [1.82, 2.24) is 25.0 Å². The van der Waals surface area contributed by atoms with Gasteiger partial charge in [-0.15, -0.1) is 0 Å². The number of likely N-dealkylation sites (tertiary alicyclic amines) is 1. The van der Waals surface area contributed by atoms with Gasteiger partial charge in [0, 0.05) is 53.1 Å². The Morgan fingerprint density at radius 2 is 1.97 bits per heavy atom. The summed E-state index contributed by atoms with van der Waals surface area (Å²) in [6.45, 7) is 7.42. The number of carbonyl (C=O) groups excluding carboxylic acids is 2. The molecule has 0 aliphatic carbocycles. The summed E-state index contributed by atoms with van der Waals surface area (Å²) in [5, 5.41) is 9.28. The van der Waals surface area contributed by atoms with Crippen LogP contribution in [0, 0.1) is 0 Å². The maximum atomic E-state index is 13.1. The van der Waals surface area contributed by atoms with Gasteiger partial charge in [0.2, 0.25) is 0 Å². The number of rotatable bonds is 1. The van der Waals surface area contributed by atoms with Crippen LogP contribution < -0.4 is 5.32 Å². The van der Waals surface area contributed by atoms with Crippen LogP contribution in [0.1, 0.15) is 60.0 Å². The highest BCUT2D eigenvalue weighted by Crippen LogP contribution is 2.33. The molecular formula is C23H26ClN5O2. The minimum absolute atomic E-state index is 0.00542. The van der Waals surface area contributed by atoms with Crippen LogP contribution in [0.4, 0.5) is 0 Å². The number of aromatic amines is 1. The summed E-state index contributed by atoms with van der Waals surface area (Å²) in [6.07, 6.45) is 5.93. The van der Waals surface area contributed by atoms with E-state index in [1.54, 1.807) is 6.20 Å². The van der Waals surface area contributed by atoms with E-state index in [0.29, 0.717) is 29.4 Å². The van der Waals surface area contributed by atoms with E-state index in [0.717, 1.165) is 35.7 Å². The van der Waals surface area contributed by atoms with Gasteiger partial charge in [0.1, 0.15) is 0 Å². The molecule has 0 radical (unpaired) electrons. The van der Waals surface area contributed by atoms with Gasteiger partial charge in [0.05, 0.1) is 10.6 Å². The lowest BCUT2D eigenvalue weighted by atomic mass is 9.79. The summed E-state index contributed by atoms with van der Waals surface area (Å²) < 4.78 is 1.87. The molecule has 1 spiro atoms. The summed E-state index contributed by atoms with van der Waals surface area (Å²) in [7, 11) is 0. The Bertz CT molecular complexity index is 1190. The fraction of sp³-hybridized carbons (Fsp3) is 0.435. The molecule has 3 aromatic rings. The zero-order valence-electron chi connectivity index (χ0n) is 18.0. The van der Waals surface area contributed by atoms with E-state index in [-0.39, 0.29) is 22.9 Å². The predicted octanol–water partition coefficient (Wildman–Crippen LogP) is 3.73. The number of halogens is 1. The Morgan fingerprint density at radius 1 is 1.23 bits per heavy atom. The van der Waals surface area contributed by atoms with Crippen molar-refractivity contribution in [2.75, 3.05) is 13.1 Å². The van der Waals surface area contributed by atoms with Gasteiger partial charge in [-0.2, -0.15) is 5.10 Å². The second-order valence-corrected chi connectivity index (χ2v) is 10.1. The Morgan fingerprint density at radius 3 is 2.68 bits per heavy atom. The first kappa shape index (κ1) is 20.1. The summed E-state index contributed by atoms with van der Waals surface area (Å²) in [5.41, 5.74) is 2.52. The van der Waals surface area contributed by atoms with E-state index in [2.05, 4.69) is 36.2 Å². The molecule has 4 heterocycles. The molecule has 2 amide bonds. The van der Waals surface area contributed by atoms with Crippen molar-refractivity contribution in [2.45, 2.75) is 51.1 Å². The molecule has 1 saturated heterocycles. The van der Waals surface area contributed by atoms with Crippen molar-refractivity contribution in [3.8, 4) is 0 Å². The van der Waals surface area contributed by atoms with Crippen molar-refractivity contribution in [3.63, 3.8) is 0 Å². The lowest BCUT2D eigenvalue weighted by molar-refractivity contribution is 0.0605. The fourth-order valence-electron chi connectivity index (χ4n) is 4.63. The number of hydrogen-bond acceptors (Lipinski definition) is 3. The molecule has 1 fully saturated rings. The Hall–Kier alpha value is -2.80. The zero-order chi connectivity index (χ0) is 22.0. The summed E-state index contributed by atoms with van der Waals surface area (Å²) in [4.78, 5) is 30.8. The molecule has 2 N–H and O–H groups in total. The second-order valence-electron chi connectivity index (χ2n) is 9.72. The van der Waals surface area contributed by atoms with Crippen LogP contribution in [-0.2, 0) is 12.0 Å². The van der Waals surface area contributed by atoms with Crippen molar-refractivity contribution >= 4 is 34.3 Å². The van der Waals surface area contributed by atoms with Gasteiger partial charge in [0.25, 0.3) is 11.8 Å². The molecular weight excluding hydrogens is 414 g/mol. The number of benzene rings is 1. The molecule has 7 nitrogen and oxygen atoms in total. The number of fused-ring (bicyclic) bond motifs is 2. The van der Waals surface area contributed by atoms with Crippen LogP contribution in [-0.4, -0.2) is 50.1 Å². The first-order valence-corrected chi connectivity index (χ1v) is 11.0. The van der Waals surface area contributed by atoms with E-state index in [1.165, 1.54) is 0 Å². The number of carbonyl (C=O) groups is 2. The molecule has 2 aliphatic heterocycles. The molecule has 1 aromatic carbocycles. The third-order valence-corrected chi connectivity index (χ3v) is 6.80. The summed E-state index contributed by atoms with van der Waals surface area (Å²) >= 11 is 6.14. The molecule has 5 rings (SSSR count). The Kier molecular flexibility index (Phi) is 4.45. The van der Waals surface area contributed by atoms with Gasteiger partial charge in [-0.25, -0.2) is 0 Å². The number of amides is 2. The molecule has 2 aliphatic rings. The third kappa shape index (κ3) is 3.41. The highest BCUT2D eigenvalue weighted by atomic mass is 35.5. The number of nitrogens with one attached hydrogen (secondary N) is 2.